The van der Waals surface area contributed by atoms with Crippen molar-refractivity contribution in [3.05, 3.63) is 45.6 Å². The molecule has 0 amide bonds. The van der Waals surface area contributed by atoms with Gasteiger partial charge in [-0.2, -0.15) is 0 Å². The number of thiophene rings is 1. The lowest BCUT2D eigenvalue weighted by Crippen LogP contribution is -2.36. The third kappa shape index (κ3) is 6.27. The largest absolute Gasteiger partial charge is 0.493 e. The lowest BCUT2D eigenvalue weighted by molar-refractivity contribution is 0.200. The van der Waals surface area contributed by atoms with Gasteiger partial charge in [0.1, 0.15) is 0 Å². The summed E-state index contributed by atoms with van der Waals surface area (Å²) >= 11 is 1.76. The predicted octanol–water partition coefficient (Wildman–Crippen LogP) is 4.87. The van der Waals surface area contributed by atoms with Crippen LogP contribution in [0.3, 0.4) is 0 Å². The Morgan fingerprint density at radius 2 is 1.89 bits per heavy atom. The summed E-state index contributed by atoms with van der Waals surface area (Å²) in [6.07, 6.45) is 5.07. The third-order valence-electron chi connectivity index (χ3n) is 4.89. The molecule has 3 rings (SSSR count). The molecule has 2 N–H and O–H groups in total. The van der Waals surface area contributed by atoms with Gasteiger partial charge in [-0.05, 0) is 67.3 Å². The topological polar surface area (TPSA) is 54.9 Å². The molecule has 1 fully saturated rings. The van der Waals surface area contributed by atoms with Gasteiger partial charge in [-0.1, -0.05) is 6.07 Å². The number of methoxy groups -OCH3 is 1. The van der Waals surface area contributed by atoms with Crippen LogP contribution < -0.4 is 20.1 Å². The van der Waals surface area contributed by atoms with E-state index in [1.54, 1.807) is 25.5 Å². The molecule has 2 aromatic rings. The SMILES string of the molecule is CN=C(NCc1ccc(OC)c(OC2CCCC2)c1)NCc1sccc1C.I. The summed E-state index contributed by atoms with van der Waals surface area (Å²) in [6, 6.07) is 8.25. The highest BCUT2D eigenvalue weighted by Gasteiger charge is 2.18. The Hall–Kier alpha value is -1.48. The van der Waals surface area contributed by atoms with E-state index < -0.39 is 0 Å². The molecule has 28 heavy (non-hydrogen) atoms. The van der Waals surface area contributed by atoms with Crippen LogP contribution in [0.5, 0.6) is 11.5 Å². The van der Waals surface area contributed by atoms with Crippen molar-refractivity contribution in [2.24, 2.45) is 4.99 Å². The van der Waals surface area contributed by atoms with Gasteiger partial charge in [0.25, 0.3) is 0 Å². The maximum atomic E-state index is 6.18. The Balaban J connectivity index is 0.00000280. The molecule has 0 spiro atoms. The van der Waals surface area contributed by atoms with Gasteiger partial charge in [0.15, 0.2) is 17.5 Å². The van der Waals surface area contributed by atoms with Crippen molar-refractivity contribution in [3.8, 4) is 11.5 Å². The van der Waals surface area contributed by atoms with Gasteiger partial charge in [-0.15, -0.1) is 35.3 Å². The Morgan fingerprint density at radius 1 is 1.14 bits per heavy atom. The summed E-state index contributed by atoms with van der Waals surface area (Å²) in [5.74, 6) is 2.42. The molecule has 5 nitrogen and oxygen atoms in total. The molecule has 0 unspecified atom stereocenters. The molecule has 1 aromatic carbocycles. The van der Waals surface area contributed by atoms with Gasteiger partial charge >= 0.3 is 0 Å². The van der Waals surface area contributed by atoms with Crippen LogP contribution >= 0.6 is 35.3 Å². The maximum Gasteiger partial charge on any atom is 0.191 e. The van der Waals surface area contributed by atoms with Crippen molar-refractivity contribution in [1.82, 2.24) is 10.6 Å². The maximum absolute atomic E-state index is 6.18. The van der Waals surface area contributed by atoms with E-state index in [0.717, 1.165) is 42.4 Å². The number of nitrogens with one attached hydrogen (secondary N) is 2. The van der Waals surface area contributed by atoms with Crippen molar-refractivity contribution < 1.29 is 9.47 Å². The monoisotopic (exact) mass is 515 g/mol. The number of benzene rings is 1. The van der Waals surface area contributed by atoms with E-state index in [0.29, 0.717) is 12.6 Å². The third-order valence-corrected chi connectivity index (χ3v) is 5.91. The van der Waals surface area contributed by atoms with Crippen LogP contribution in [0.25, 0.3) is 0 Å². The zero-order valence-corrected chi connectivity index (χ0v) is 19.9. The van der Waals surface area contributed by atoms with Gasteiger partial charge in [0.2, 0.25) is 0 Å². The molecule has 7 heteroatoms. The van der Waals surface area contributed by atoms with Crippen LogP contribution in [0.2, 0.25) is 0 Å². The lowest BCUT2D eigenvalue weighted by atomic mass is 10.2. The van der Waals surface area contributed by atoms with Crippen LogP contribution in [-0.4, -0.2) is 26.2 Å². The number of aliphatic imine (C=N–C) groups is 1. The van der Waals surface area contributed by atoms with Crippen LogP contribution in [0.15, 0.2) is 34.6 Å². The molecule has 1 aliphatic rings. The first-order valence-electron chi connectivity index (χ1n) is 9.50. The highest BCUT2D eigenvalue weighted by atomic mass is 127. The number of ether oxygens (including phenoxy) is 2. The molecular weight excluding hydrogens is 485 g/mol. The van der Waals surface area contributed by atoms with Crippen LogP contribution in [0.4, 0.5) is 0 Å². The zero-order chi connectivity index (χ0) is 19.1. The van der Waals surface area contributed by atoms with Crippen molar-refractivity contribution in [2.75, 3.05) is 14.2 Å². The van der Waals surface area contributed by atoms with E-state index in [1.165, 1.54) is 23.3 Å². The highest BCUT2D eigenvalue weighted by molar-refractivity contribution is 14.0. The Kier molecular flexibility index (Phi) is 9.37. The fourth-order valence-corrected chi connectivity index (χ4v) is 4.11. The number of guanidine groups is 1. The van der Waals surface area contributed by atoms with Gasteiger partial charge in [0.05, 0.1) is 19.8 Å². The highest BCUT2D eigenvalue weighted by Crippen LogP contribution is 2.32. The first-order valence-corrected chi connectivity index (χ1v) is 10.4. The molecule has 0 bridgehead atoms. The van der Waals surface area contributed by atoms with Gasteiger partial charge in [0, 0.05) is 18.5 Å². The van der Waals surface area contributed by atoms with Crippen molar-refractivity contribution in [2.45, 2.75) is 51.8 Å². The van der Waals surface area contributed by atoms with E-state index >= 15 is 0 Å². The Morgan fingerprint density at radius 3 is 2.54 bits per heavy atom. The lowest BCUT2D eigenvalue weighted by Gasteiger charge is -2.17. The average molecular weight is 515 g/mol. The summed E-state index contributed by atoms with van der Waals surface area (Å²) in [5.41, 5.74) is 2.45. The average Bonchev–Trinajstić information content (AvgIpc) is 3.34. The minimum atomic E-state index is 0. The molecule has 154 valence electrons. The molecule has 0 radical (unpaired) electrons. The second-order valence-corrected chi connectivity index (χ2v) is 7.82. The Labute approximate surface area is 189 Å². The van der Waals surface area contributed by atoms with E-state index in [-0.39, 0.29) is 24.0 Å². The van der Waals surface area contributed by atoms with E-state index in [9.17, 15) is 0 Å². The number of nitrogens with zero attached hydrogens (tertiary/aromatic N) is 1. The minimum absolute atomic E-state index is 0. The summed E-state index contributed by atoms with van der Waals surface area (Å²) in [4.78, 5) is 5.64. The molecule has 1 aliphatic carbocycles. The number of hydrogen-bond donors (Lipinski definition) is 2. The van der Waals surface area contributed by atoms with Gasteiger partial charge in [-0.3, -0.25) is 4.99 Å². The van der Waals surface area contributed by atoms with Gasteiger partial charge in [-0.25, -0.2) is 0 Å². The second-order valence-electron chi connectivity index (χ2n) is 6.82. The molecule has 0 aliphatic heterocycles. The first-order chi connectivity index (χ1) is 13.2. The fourth-order valence-electron chi connectivity index (χ4n) is 3.26. The van der Waals surface area contributed by atoms with Gasteiger partial charge < -0.3 is 20.1 Å². The second kappa shape index (κ2) is 11.5. The summed E-state index contributed by atoms with van der Waals surface area (Å²) in [6.45, 7) is 3.59. The van der Waals surface area contributed by atoms with Crippen molar-refractivity contribution in [3.63, 3.8) is 0 Å². The number of hydrogen-bond acceptors (Lipinski definition) is 4. The molecule has 1 saturated carbocycles. The summed E-state index contributed by atoms with van der Waals surface area (Å²) < 4.78 is 11.7. The first kappa shape index (κ1) is 22.8. The molecule has 1 aromatic heterocycles. The summed E-state index contributed by atoms with van der Waals surface area (Å²) in [7, 11) is 3.48. The molecule has 0 saturated heterocycles. The van der Waals surface area contributed by atoms with Crippen molar-refractivity contribution >= 4 is 41.3 Å². The van der Waals surface area contributed by atoms with Crippen LogP contribution in [-0.2, 0) is 13.1 Å². The minimum Gasteiger partial charge on any atom is -0.493 e. The van der Waals surface area contributed by atoms with Crippen LogP contribution in [0.1, 0.15) is 41.7 Å². The van der Waals surface area contributed by atoms with E-state index in [2.05, 4.69) is 46.1 Å². The zero-order valence-electron chi connectivity index (χ0n) is 16.8. The number of halogens is 1. The molecule has 0 atom stereocenters. The quantitative estimate of drug-likeness (QED) is 0.314. The number of rotatable bonds is 7. The number of aryl methyl sites for hydroxylation is 1. The standard InChI is InChI=1S/C21H29N3O2S.HI/c1-15-10-11-27-20(15)14-24-21(22-2)23-13-16-8-9-18(25-3)19(12-16)26-17-6-4-5-7-17;/h8-12,17H,4-7,13-14H2,1-3H3,(H2,22,23,24);1H. The predicted molar refractivity (Wildman–Crippen MR) is 127 cm³/mol. The normalized spacial score (nSPS) is 14.5. The molecular formula is C21H30IN3O2S. The van der Waals surface area contributed by atoms with Crippen LogP contribution in [0, 0.1) is 6.92 Å². The Bertz CT molecular complexity index is 773. The van der Waals surface area contributed by atoms with Crippen molar-refractivity contribution in [1.29, 1.82) is 0 Å². The fraction of sp³-hybridized carbons (Fsp3) is 0.476. The summed E-state index contributed by atoms with van der Waals surface area (Å²) in [5, 5.41) is 8.86. The van der Waals surface area contributed by atoms with E-state index in [4.69, 9.17) is 9.47 Å². The smallest absolute Gasteiger partial charge is 0.191 e. The van der Waals surface area contributed by atoms with E-state index in [1.807, 2.05) is 6.07 Å². The molecule has 1 heterocycles.